The van der Waals surface area contributed by atoms with Crippen LogP contribution >= 0.6 is 11.3 Å². The van der Waals surface area contributed by atoms with Gasteiger partial charge in [0.05, 0.1) is 20.8 Å². The van der Waals surface area contributed by atoms with Gasteiger partial charge in [-0.3, -0.25) is 0 Å². The number of thiazole rings is 1. The summed E-state index contributed by atoms with van der Waals surface area (Å²) < 4.78 is 7.02. The van der Waals surface area contributed by atoms with Gasteiger partial charge in [0.15, 0.2) is 0 Å². The van der Waals surface area contributed by atoms with Gasteiger partial charge in [0.2, 0.25) is 0 Å². The fourth-order valence-electron chi connectivity index (χ4n) is 2.88. The lowest BCUT2D eigenvalue weighted by molar-refractivity contribution is 0.305. The molecule has 0 aliphatic carbocycles. The van der Waals surface area contributed by atoms with Crippen molar-refractivity contribution in [3.05, 3.63) is 82.9 Å². The Balaban J connectivity index is 1.62. The number of nitrogens with zero attached hydrogens (tertiary/aromatic N) is 2. The van der Waals surface area contributed by atoms with E-state index in [0.717, 1.165) is 27.2 Å². The summed E-state index contributed by atoms with van der Waals surface area (Å²) in [6.45, 7) is 2.45. The molecule has 4 heteroatoms. The largest absolute Gasteiger partial charge is 0.488 e. The van der Waals surface area contributed by atoms with Crippen molar-refractivity contribution in [1.82, 2.24) is 4.98 Å². The zero-order chi connectivity index (χ0) is 17.9. The van der Waals surface area contributed by atoms with Crippen molar-refractivity contribution < 1.29 is 4.74 Å². The van der Waals surface area contributed by atoms with Crippen molar-refractivity contribution in [1.29, 1.82) is 5.26 Å². The molecule has 4 rings (SSSR count). The van der Waals surface area contributed by atoms with Crippen LogP contribution in [0.2, 0.25) is 0 Å². The third-order valence-electron chi connectivity index (χ3n) is 4.17. The number of aromatic nitrogens is 1. The molecule has 0 atom stereocenters. The number of benzene rings is 3. The van der Waals surface area contributed by atoms with E-state index in [9.17, 15) is 5.26 Å². The first-order chi connectivity index (χ1) is 12.7. The molecule has 0 bridgehead atoms. The minimum absolute atomic E-state index is 0.443. The molecule has 0 aliphatic rings. The molecule has 0 saturated heterocycles. The molecule has 0 amide bonds. The van der Waals surface area contributed by atoms with E-state index >= 15 is 0 Å². The number of hydrogen-bond donors (Lipinski definition) is 0. The molecule has 0 fully saturated rings. The summed E-state index contributed by atoms with van der Waals surface area (Å²) in [6.07, 6.45) is 0. The van der Waals surface area contributed by atoms with Crippen LogP contribution in [0.25, 0.3) is 21.3 Å². The predicted octanol–water partition coefficient (Wildman–Crippen LogP) is 5.72. The first-order valence-corrected chi connectivity index (χ1v) is 9.13. The molecule has 26 heavy (non-hydrogen) atoms. The SMILES string of the molecule is Cc1nc2cc(-c3ccc(OCc4ccccc4)c(C#N)c3)ccc2s1. The number of ether oxygens (including phenoxy) is 1. The van der Waals surface area contributed by atoms with E-state index in [-0.39, 0.29) is 0 Å². The number of hydrogen-bond acceptors (Lipinski definition) is 4. The molecule has 0 unspecified atom stereocenters. The summed E-state index contributed by atoms with van der Waals surface area (Å²) >= 11 is 1.69. The summed E-state index contributed by atoms with van der Waals surface area (Å²) in [5.41, 5.74) is 4.64. The fraction of sp³-hybridized carbons (Fsp3) is 0.0909. The molecular weight excluding hydrogens is 340 g/mol. The number of rotatable bonds is 4. The lowest BCUT2D eigenvalue weighted by Crippen LogP contribution is -1.97. The van der Waals surface area contributed by atoms with Crippen LogP contribution in [0.4, 0.5) is 0 Å². The smallest absolute Gasteiger partial charge is 0.137 e. The summed E-state index contributed by atoms with van der Waals surface area (Å²) in [6, 6.07) is 24.1. The first kappa shape index (κ1) is 16.3. The zero-order valence-electron chi connectivity index (χ0n) is 14.3. The summed E-state index contributed by atoms with van der Waals surface area (Å²) in [4.78, 5) is 4.55. The molecule has 3 aromatic carbocycles. The van der Waals surface area contributed by atoms with Crippen molar-refractivity contribution in [2.24, 2.45) is 0 Å². The van der Waals surface area contributed by atoms with Gasteiger partial charge in [0, 0.05) is 0 Å². The third-order valence-corrected chi connectivity index (χ3v) is 5.12. The highest BCUT2D eigenvalue weighted by Gasteiger charge is 2.09. The Labute approximate surface area is 156 Å². The molecule has 0 aliphatic heterocycles. The highest BCUT2D eigenvalue weighted by Crippen LogP contribution is 2.30. The lowest BCUT2D eigenvalue weighted by Gasteiger charge is -2.10. The Kier molecular flexibility index (Phi) is 4.39. The molecule has 0 saturated carbocycles. The fourth-order valence-corrected chi connectivity index (χ4v) is 3.69. The normalized spacial score (nSPS) is 10.6. The van der Waals surface area contributed by atoms with Gasteiger partial charge in [-0.15, -0.1) is 11.3 Å². The quantitative estimate of drug-likeness (QED) is 0.469. The van der Waals surface area contributed by atoms with E-state index in [0.29, 0.717) is 17.9 Å². The molecule has 0 N–H and O–H groups in total. The van der Waals surface area contributed by atoms with Gasteiger partial charge in [0.1, 0.15) is 18.4 Å². The minimum Gasteiger partial charge on any atom is -0.488 e. The van der Waals surface area contributed by atoms with Crippen LogP contribution in [0.1, 0.15) is 16.1 Å². The second-order valence-corrected chi connectivity index (χ2v) is 7.25. The van der Waals surface area contributed by atoms with Crippen molar-refractivity contribution >= 4 is 21.6 Å². The van der Waals surface area contributed by atoms with E-state index in [1.165, 1.54) is 4.70 Å². The summed E-state index contributed by atoms with van der Waals surface area (Å²) in [5.74, 6) is 0.602. The van der Waals surface area contributed by atoms with Crippen LogP contribution in [-0.4, -0.2) is 4.98 Å². The zero-order valence-corrected chi connectivity index (χ0v) is 15.1. The second kappa shape index (κ2) is 6.99. The minimum atomic E-state index is 0.443. The van der Waals surface area contributed by atoms with Crippen LogP contribution in [-0.2, 0) is 6.61 Å². The summed E-state index contributed by atoms with van der Waals surface area (Å²) in [7, 11) is 0. The molecule has 1 heterocycles. The third kappa shape index (κ3) is 3.30. The Bertz CT molecular complexity index is 1110. The summed E-state index contributed by atoms with van der Waals surface area (Å²) in [5, 5.41) is 10.6. The number of fused-ring (bicyclic) bond motifs is 1. The maximum Gasteiger partial charge on any atom is 0.137 e. The molecule has 4 aromatic rings. The van der Waals surface area contributed by atoms with Crippen LogP contribution < -0.4 is 4.74 Å². The van der Waals surface area contributed by atoms with Gasteiger partial charge in [-0.1, -0.05) is 42.5 Å². The standard InChI is InChI=1S/C22H16N2OS/c1-15-24-20-12-18(8-10-22(20)26-15)17-7-9-21(19(11-17)13-23)25-14-16-5-3-2-4-6-16/h2-12H,14H2,1H3. The predicted molar refractivity (Wildman–Crippen MR) is 105 cm³/mol. The van der Waals surface area contributed by atoms with Crippen molar-refractivity contribution in [2.75, 3.05) is 0 Å². The molecule has 126 valence electrons. The second-order valence-electron chi connectivity index (χ2n) is 6.01. The van der Waals surface area contributed by atoms with E-state index in [1.54, 1.807) is 11.3 Å². The van der Waals surface area contributed by atoms with E-state index in [1.807, 2.05) is 55.5 Å². The van der Waals surface area contributed by atoms with Crippen LogP contribution in [0, 0.1) is 18.3 Å². The van der Waals surface area contributed by atoms with E-state index in [4.69, 9.17) is 4.74 Å². The lowest BCUT2D eigenvalue weighted by atomic mass is 10.0. The Morgan fingerprint density at radius 2 is 1.77 bits per heavy atom. The average Bonchev–Trinajstić information content (AvgIpc) is 3.06. The van der Waals surface area contributed by atoms with Gasteiger partial charge in [-0.2, -0.15) is 5.26 Å². The maximum atomic E-state index is 9.52. The van der Waals surface area contributed by atoms with Gasteiger partial charge in [-0.25, -0.2) is 4.98 Å². The number of nitriles is 1. The Morgan fingerprint density at radius 3 is 2.58 bits per heavy atom. The van der Waals surface area contributed by atoms with Gasteiger partial charge in [0.25, 0.3) is 0 Å². The van der Waals surface area contributed by atoms with Crippen LogP contribution in [0.5, 0.6) is 5.75 Å². The monoisotopic (exact) mass is 356 g/mol. The van der Waals surface area contributed by atoms with Crippen molar-refractivity contribution in [3.8, 4) is 22.9 Å². The van der Waals surface area contributed by atoms with Crippen molar-refractivity contribution in [3.63, 3.8) is 0 Å². The molecule has 1 aromatic heterocycles. The highest BCUT2D eigenvalue weighted by molar-refractivity contribution is 7.18. The highest BCUT2D eigenvalue weighted by atomic mass is 32.1. The van der Waals surface area contributed by atoms with E-state index < -0.39 is 0 Å². The van der Waals surface area contributed by atoms with Gasteiger partial charge < -0.3 is 4.74 Å². The average molecular weight is 356 g/mol. The van der Waals surface area contributed by atoms with Crippen LogP contribution in [0.3, 0.4) is 0 Å². The van der Waals surface area contributed by atoms with Crippen LogP contribution in [0.15, 0.2) is 66.7 Å². The molecule has 3 nitrogen and oxygen atoms in total. The maximum absolute atomic E-state index is 9.52. The van der Waals surface area contributed by atoms with Gasteiger partial charge in [-0.05, 0) is 47.9 Å². The Hall–Kier alpha value is -3.16. The topological polar surface area (TPSA) is 45.9 Å². The number of aryl methyl sites for hydroxylation is 1. The van der Waals surface area contributed by atoms with Gasteiger partial charge >= 0.3 is 0 Å². The first-order valence-electron chi connectivity index (χ1n) is 8.31. The van der Waals surface area contributed by atoms with Crippen molar-refractivity contribution in [2.45, 2.75) is 13.5 Å². The van der Waals surface area contributed by atoms with E-state index in [2.05, 4.69) is 29.3 Å². The molecular formula is C22H16N2OS. The molecule has 0 radical (unpaired) electrons. The Morgan fingerprint density at radius 1 is 1.00 bits per heavy atom. The molecule has 0 spiro atoms.